The molecule has 1 saturated heterocycles. The van der Waals surface area contributed by atoms with Gasteiger partial charge in [-0.3, -0.25) is 14.7 Å². The highest BCUT2D eigenvalue weighted by atomic mass is 16.2. The van der Waals surface area contributed by atoms with Crippen LogP contribution in [0.5, 0.6) is 0 Å². The number of hydrogen-bond donors (Lipinski definition) is 0. The number of aryl methyl sites for hydroxylation is 2. The van der Waals surface area contributed by atoms with E-state index in [2.05, 4.69) is 71.4 Å². The lowest BCUT2D eigenvalue weighted by molar-refractivity contribution is 0.0985. The first kappa shape index (κ1) is 21.6. The molecule has 1 amide bonds. The van der Waals surface area contributed by atoms with Crippen LogP contribution in [-0.2, 0) is 6.42 Å². The van der Waals surface area contributed by atoms with E-state index in [0.29, 0.717) is 5.56 Å². The Balaban J connectivity index is 1.30. The molecule has 168 valence electrons. The Morgan fingerprint density at radius 1 is 0.970 bits per heavy atom. The molecule has 33 heavy (non-hydrogen) atoms. The first-order valence-electron chi connectivity index (χ1n) is 12.0. The van der Waals surface area contributed by atoms with Gasteiger partial charge in [0, 0.05) is 30.5 Å². The summed E-state index contributed by atoms with van der Waals surface area (Å²) in [5.74, 6) is 0.0243. The maximum absolute atomic E-state index is 13.3. The van der Waals surface area contributed by atoms with E-state index in [1.807, 2.05) is 17.0 Å². The summed E-state index contributed by atoms with van der Waals surface area (Å²) in [7, 11) is 0. The number of carbonyl (C=O) groups excluding carboxylic acids is 1. The van der Waals surface area contributed by atoms with E-state index in [-0.39, 0.29) is 5.91 Å². The van der Waals surface area contributed by atoms with Crippen molar-refractivity contribution in [2.45, 2.75) is 32.6 Å². The van der Waals surface area contributed by atoms with Crippen molar-refractivity contribution in [3.63, 3.8) is 0 Å². The summed E-state index contributed by atoms with van der Waals surface area (Å²) in [6.45, 7) is 6.27. The van der Waals surface area contributed by atoms with Gasteiger partial charge in [0.2, 0.25) is 0 Å². The monoisotopic (exact) mass is 437 g/mol. The summed E-state index contributed by atoms with van der Waals surface area (Å²) in [6, 6.07) is 18.6. The second-order valence-corrected chi connectivity index (χ2v) is 9.16. The Hall–Kier alpha value is -3.24. The molecule has 3 aromatic rings. The van der Waals surface area contributed by atoms with Crippen LogP contribution in [0.15, 0.2) is 66.9 Å². The van der Waals surface area contributed by atoms with Crippen LogP contribution in [0.1, 0.15) is 46.3 Å². The first-order valence-corrected chi connectivity index (χ1v) is 12.0. The smallest absolute Gasteiger partial charge is 0.259 e. The maximum Gasteiger partial charge on any atom is 0.259 e. The summed E-state index contributed by atoms with van der Waals surface area (Å²) in [6.07, 6.45) is 10.8. The minimum absolute atomic E-state index is 0.0243. The molecule has 0 atom stereocenters. The number of nitrogens with zero attached hydrogens (tertiary/aromatic N) is 3. The van der Waals surface area contributed by atoms with Gasteiger partial charge in [-0.05, 0) is 81.1 Å². The Bertz CT molecular complexity index is 1140. The van der Waals surface area contributed by atoms with Gasteiger partial charge in [-0.15, -0.1) is 0 Å². The van der Waals surface area contributed by atoms with Gasteiger partial charge in [-0.25, -0.2) is 0 Å². The van der Waals surface area contributed by atoms with E-state index in [1.165, 1.54) is 42.6 Å². The predicted octanol–water partition coefficient (Wildman–Crippen LogP) is 5.76. The summed E-state index contributed by atoms with van der Waals surface area (Å²) < 4.78 is 0. The van der Waals surface area contributed by atoms with E-state index in [1.54, 1.807) is 6.20 Å². The maximum atomic E-state index is 13.3. The third-order valence-electron chi connectivity index (χ3n) is 6.70. The quantitative estimate of drug-likeness (QED) is 0.509. The zero-order valence-electron chi connectivity index (χ0n) is 19.3. The highest BCUT2D eigenvalue weighted by Gasteiger charge is 2.24. The largest absolute Gasteiger partial charge is 0.308 e. The molecule has 2 aliphatic rings. The fourth-order valence-corrected chi connectivity index (χ4v) is 4.81. The lowest BCUT2D eigenvalue weighted by Crippen LogP contribution is -2.35. The molecule has 0 radical (unpaired) electrons. The molecule has 0 aliphatic carbocycles. The van der Waals surface area contributed by atoms with Crippen LogP contribution in [0.2, 0.25) is 0 Å². The first-order chi connectivity index (χ1) is 16.2. The van der Waals surface area contributed by atoms with E-state index in [9.17, 15) is 4.79 Å². The van der Waals surface area contributed by atoms with Crippen LogP contribution < -0.4 is 4.90 Å². The van der Waals surface area contributed by atoms with Gasteiger partial charge in [-0.2, -0.15) is 0 Å². The zero-order valence-corrected chi connectivity index (χ0v) is 19.3. The number of carbonyl (C=O) groups is 1. The zero-order chi connectivity index (χ0) is 22.6. The molecule has 4 nitrogen and oxygen atoms in total. The topological polar surface area (TPSA) is 36.4 Å². The third kappa shape index (κ3) is 4.91. The van der Waals surface area contributed by atoms with E-state index < -0.39 is 0 Å². The van der Waals surface area contributed by atoms with Gasteiger partial charge in [-0.1, -0.05) is 48.0 Å². The molecular formula is C29H31N3O. The molecule has 0 N–H and O–H groups in total. The number of likely N-dealkylation sites (tertiary alicyclic amines) is 1. The van der Waals surface area contributed by atoms with Gasteiger partial charge in [0.1, 0.15) is 0 Å². The third-order valence-corrected chi connectivity index (χ3v) is 6.70. The van der Waals surface area contributed by atoms with Gasteiger partial charge in [0.25, 0.3) is 5.91 Å². The average Bonchev–Trinajstić information content (AvgIpc) is 3.37. The van der Waals surface area contributed by atoms with Crippen LogP contribution in [0.25, 0.3) is 17.3 Å². The number of rotatable bonds is 5. The molecule has 1 aromatic heterocycles. The van der Waals surface area contributed by atoms with Crippen LogP contribution >= 0.6 is 0 Å². The van der Waals surface area contributed by atoms with Crippen LogP contribution in [-0.4, -0.2) is 42.0 Å². The van der Waals surface area contributed by atoms with Gasteiger partial charge >= 0.3 is 0 Å². The molecule has 3 heterocycles. The van der Waals surface area contributed by atoms with Gasteiger partial charge in [0.15, 0.2) is 0 Å². The summed E-state index contributed by atoms with van der Waals surface area (Å²) in [4.78, 5) is 22.3. The standard InChI is InChI=1S/C29H31N3O/c1-22-8-11-24(12-9-22)27-14-13-26(21-30-27)29(33)32-19-5-7-25-20-23(10-15-28(25)32)6-4-18-31-16-2-3-17-31/h4,6,8-15,20-21H,2-3,5,7,16-19H2,1H3. The molecule has 2 aromatic carbocycles. The number of pyridine rings is 1. The Morgan fingerprint density at radius 3 is 2.55 bits per heavy atom. The average molecular weight is 438 g/mol. The van der Waals surface area contributed by atoms with Crippen molar-refractivity contribution in [3.05, 3.63) is 89.1 Å². The second-order valence-electron chi connectivity index (χ2n) is 9.16. The predicted molar refractivity (Wildman–Crippen MR) is 136 cm³/mol. The summed E-state index contributed by atoms with van der Waals surface area (Å²) in [5, 5.41) is 0. The van der Waals surface area contributed by atoms with E-state index >= 15 is 0 Å². The number of benzene rings is 2. The Labute approximate surface area is 196 Å². The number of anilines is 1. The SMILES string of the molecule is Cc1ccc(-c2ccc(C(=O)N3CCCc4cc(C=CCN5CCCC5)ccc43)cn2)cc1. The van der Waals surface area contributed by atoms with Gasteiger partial charge in [0.05, 0.1) is 11.3 Å². The van der Waals surface area contributed by atoms with Crippen molar-refractivity contribution in [2.75, 3.05) is 31.1 Å². The normalized spacial score (nSPS) is 16.3. The van der Waals surface area contributed by atoms with Crippen molar-refractivity contribution in [3.8, 4) is 11.3 Å². The Kier molecular flexibility index (Phi) is 6.36. The fraction of sp³-hybridized carbons (Fsp3) is 0.310. The second kappa shape index (κ2) is 9.72. The Morgan fingerprint density at radius 2 is 1.79 bits per heavy atom. The number of amides is 1. The minimum Gasteiger partial charge on any atom is -0.308 e. The lowest BCUT2D eigenvalue weighted by Gasteiger charge is -2.30. The molecule has 0 saturated carbocycles. The molecule has 1 fully saturated rings. The van der Waals surface area contributed by atoms with E-state index in [0.717, 1.165) is 42.9 Å². The highest BCUT2D eigenvalue weighted by molar-refractivity contribution is 6.06. The van der Waals surface area contributed by atoms with Crippen LogP contribution in [0, 0.1) is 6.92 Å². The molecule has 2 aliphatic heterocycles. The molecule has 0 spiro atoms. The summed E-state index contributed by atoms with van der Waals surface area (Å²) in [5.41, 5.74) is 7.30. The highest BCUT2D eigenvalue weighted by Crippen LogP contribution is 2.30. The molecule has 0 unspecified atom stereocenters. The minimum atomic E-state index is 0.0243. The van der Waals surface area contributed by atoms with Crippen molar-refractivity contribution in [2.24, 2.45) is 0 Å². The molecular weight excluding hydrogens is 406 g/mol. The molecule has 4 heteroatoms. The molecule has 0 bridgehead atoms. The van der Waals surface area contributed by atoms with Crippen LogP contribution in [0.4, 0.5) is 5.69 Å². The summed E-state index contributed by atoms with van der Waals surface area (Å²) >= 11 is 0. The number of hydrogen-bond acceptors (Lipinski definition) is 3. The van der Waals surface area contributed by atoms with E-state index in [4.69, 9.17) is 0 Å². The molecule has 5 rings (SSSR count). The van der Waals surface area contributed by atoms with Crippen molar-refractivity contribution in [1.82, 2.24) is 9.88 Å². The van der Waals surface area contributed by atoms with Gasteiger partial charge < -0.3 is 4.90 Å². The fourth-order valence-electron chi connectivity index (χ4n) is 4.81. The van der Waals surface area contributed by atoms with Crippen LogP contribution in [0.3, 0.4) is 0 Å². The number of fused-ring (bicyclic) bond motifs is 1. The lowest BCUT2D eigenvalue weighted by atomic mass is 9.98. The van der Waals surface area contributed by atoms with Crippen molar-refractivity contribution in [1.29, 1.82) is 0 Å². The van der Waals surface area contributed by atoms with Crippen molar-refractivity contribution < 1.29 is 4.79 Å². The number of aromatic nitrogens is 1. The van der Waals surface area contributed by atoms with Crippen molar-refractivity contribution >= 4 is 17.7 Å².